The summed E-state index contributed by atoms with van der Waals surface area (Å²) < 4.78 is 43.2. The summed E-state index contributed by atoms with van der Waals surface area (Å²) in [6.07, 6.45) is 0. The summed E-state index contributed by atoms with van der Waals surface area (Å²) >= 11 is -0.460. The summed E-state index contributed by atoms with van der Waals surface area (Å²) in [4.78, 5) is 11.6. The Morgan fingerprint density at radius 3 is 2.50 bits per heavy atom. The molecule has 100 valence electrons. The van der Waals surface area contributed by atoms with Gasteiger partial charge >= 0.3 is 11.5 Å². The third-order valence-electron chi connectivity index (χ3n) is 1.95. The van der Waals surface area contributed by atoms with Gasteiger partial charge in [0.05, 0.1) is 6.61 Å². The van der Waals surface area contributed by atoms with Crippen molar-refractivity contribution >= 4 is 17.9 Å². The van der Waals surface area contributed by atoms with Crippen LogP contribution in [0.4, 0.5) is 13.2 Å². The Balaban J connectivity index is 2.79. The van der Waals surface area contributed by atoms with Crippen molar-refractivity contribution in [1.82, 2.24) is 4.72 Å². The number of halogens is 3. The molecule has 0 aliphatic heterocycles. The number of carbonyl (C=O) groups excluding carboxylic acids is 1. The van der Waals surface area contributed by atoms with Crippen molar-refractivity contribution in [3.05, 3.63) is 35.9 Å². The molecule has 0 saturated carbocycles. The second kappa shape index (κ2) is 6.65. The van der Waals surface area contributed by atoms with Crippen molar-refractivity contribution in [1.29, 1.82) is 0 Å². The lowest BCUT2D eigenvalue weighted by atomic mass is 10.1. The molecule has 0 radical (unpaired) electrons. The average Bonchev–Trinajstić information content (AvgIpc) is 2.29. The quantitative estimate of drug-likeness (QED) is 0.664. The SMILES string of the molecule is CCOC(=O)C(NSC(F)(F)F)c1ccccc1. The zero-order valence-electron chi connectivity index (χ0n) is 9.53. The van der Waals surface area contributed by atoms with E-state index in [2.05, 4.69) is 4.72 Å². The van der Waals surface area contributed by atoms with Gasteiger partial charge in [0.15, 0.2) is 0 Å². The number of hydrogen-bond donors (Lipinski definition) is 1. The van der Waals surface area contributed by atoms with Crippen LogP contribution >= 0.6 is 11.9 Å². The highest BCUT2D eigenvalue weighted by Gasteiger charge is 2.32. The molecule has 18 heavy (non-hydrogen) atoms. The molecule has 1 rings (SSSR count). The van der Waals surface area contributed by atoms with Crippen LogP contribution in [0.25, 0.3) is 0 Å². The van der Waals surface area contributed by atoms with E-state index in [1.165, 1.54) is 0 Å². The molecule has 1 aromatic carbocycles. The zero-order valence-corrected chi connectivity index (χ0v) is 10.3. The second-order valence-corrected chi connectivity index (χ2v) is 4.16. The molecule has 0 amide bonds. The van der Waals surface area contributed by atoms with E-state index in [1.54, 1.807) is 37.3 Å². The molecule has 0 aliphatic carbocycles. The first-order chi connectivity index (χ1) is 8.44. The molecule has 0 fully saturated rings. The smallest absolute Gasteiger partial charge is 0.456 e. The van der Waals surface area contributed by atoms with Crippen molar-refractivity contribution in [2.75, 3.05) is 6.61 Å². The fourth-order valence-corrected chi connectivity index (χ4v) is 1.73. The van der Waals surface area contributed by atoms with Crippen molar-refractivity contribution in [3.63, 3.8) is 0 Å². The van der Waals surface area contributed by atoms with Crippen LogP contribution < -0.4 is 4.72 Å². The molecule has 7 heteroatoms. The maximum atomic E-state index is 12.1. The van der Waals surface area contributed by atoms with Crippen molar-refractivity contribution in [2.24, 2.45) is 0 Å². The maximum Gasteiger partial charge on any atom is 0.456 e. The average molecular weight is 279 g/mol. The van der Waals surface area contributed by atoms with Gasteiger partial charge in [-0.3, -0.25) is 0 Å². The third-order valence-corrected chi connectivity index (χ3v) is 2.53. The molecule has 1 atom stereocenters. The van der Waals surface area contributed by atoms with Crippen LogP contribution in [-0.2, 0) is 9.53 Å². The fourth-order valence-electron chi connectivity index (χ4n) is 1.25. The number of hydrogen-bond acceptors (Lipinski definition) is 4. The monoisotopic (exact) mass is 279 g/mol. The number of alkyl halides is 3. The molecule has 0 aliphatic rings. The van der Waals surface area contributed by atoms with E-state index in [4.69, 9.17) is 4.74 Å². The van der Waals surface area contributed by atoms with E-state index in [0.717, 1.165) is 0 Å². The Hall–Kier alpha value is -1.21. The Kier molecular flexibility index (Phi) is 5.49. The van der Waals surface area contributed by atoms with Crippen molar-refractivity contribution in [2.45, 2.75) is 18.5 Å². The number of nitrogens with one attached hydrogen (secondary N) is 1. The first-order valence-electron chi connectivity index (χ1n) is 5.16. The van der Waals surface area contributed by atoms with Crippen molar-refractivity contribution < 1.29 is 22.7 Å². The lowest BCUT2D eigenvalue weighted by molar-refractivity contribution is -0.145. The Morgan fingerprint density at radius 1 is 1.39 bits per heavy atom. The molecule has 0 heterocycles. The zero-order chi connectivity index (χ0) is 13.6. The third kappa shape index (κ3) is 4.97. The van der Waals surface area contributed by atoms with Gasteiger partial charge in [0, 0.05) is 11.9 Å². The standard InChI is InChI=1S/C11H12F3NO2S/c1-2-17-10(16)9(15-18-11(12,13)14)8-6-4-3-5-7-8/h3-7,9,15H,2H2,1H3. The molecule has 0 aromatic heterocycles. The normalized spacial score (nSPS) is 13.1. The minimum absolute atomic E-state index is 0.112. The van der Waals surface area contributed by atoms with E-state index in [1.807, 2.05) is 0 Å². The van der Waals surface area contributed by atoms with Gasteiger partial charge in [-0.15, -0.1) is 0 Å². The van der Waals surface area contributed by atoms with Gasteiger partial charge in [-0.25, -0.2) is 9.52 Å². The minimum Gasteiger partial charge on any atom is -0.465 e. The summed E-state index contributed by atoms with van der Waals surface area (Å²) in [6.45, 7) is 1.71. The number of rotatable bonds is 5. The predicted octanol–water partition coefficient (Wildman–Crippen LogP) is 3.05. The number of benzene rings is 1. The van der Waals surface area contributed by atoms with Crippen LogP contribution in [0.3, 0.4) is 0 Å². The predicted molar refractivity (Wildman–Crippen MR) is 62.6 cm³/mol. The Labute approximate surface area is 107 Å². The molecule has 1 N–H and O–H groups in total. The topological polar surface area (TPSA) is 38.3 Å². The highest BCUT2D eigenvalue weighted by Crippen LogP contribution is 2.30. The van der Waals surface area contributed by atoms with Crippen LogP contribution in [0.5, 0.6) is 0 Å². The first kappa shape index (κ1) is 14.8. The lowest BCUT2D eigenvalue weighted by Gasteiger charge is -2.17. The van der Waals surface area contributed by atoms with E-state index in [0.29, 0.717) is 5.56 Å². The maximum absolute atomic E-state index is 12.1. The molecule has 3 nitrogen and oxygen atoms in total. The molecule has 0 saturated heterocycles. The summed E-state index contributed by atoms with van der Waals surface area (Å²) in [7, 11) is 0. The summed E-state index contributed by atoms with van der Waals surface area (Å²) in [5, 5.41) is 0. The van der Waals surface area contributed by atoms with Gasteiger partial charge < -0.3 is 4.74 Å². The van der Waals surface area contributed by atoms with Crippen LogP contribution in [0.15, 0.2) is 30.3 Å². The molecular weight excluding hydrogens is 267 g/mol. The van der Waals surface area contributed by atoms with E-state index in [9.17, 15) is 18.0 Å². The Morgan fingerprint density at radius 2 is 2.00 bits per heavy atom. The van der Waals surface area contributed by atoms with Gasteiger partial charge in [-0.05, 0) is 12.5 Å². The minimum atomic E-state index is -4.46. The van der Waals surface area contributed by atoms with E-state index >= 15 is 0 Å². The van der Waals surface area contributed by atoms with E-state index < -0.39 is 29.5 Å². The van der Waals surface area contributed by atoms with Gasteiger partial charge in [-0.1, -0.05) is 30.3 Å². The number of carbonyl (C=O) groups is 1. The second-order valence-electron chi connectivity index (χ2n) is 3.26. The van der Waals surface area contributed by atoms with Crippen LogP contribution in [0, 0.1) is 0 Å². The highest BCUT2D eigenvalue weighted by atomic mass is 32.2. The van der Waals surface area contributed by atoms with E-state index in [-0.39, 0.29) is 6.61 Å². The van der Waals surface area contributed by atoms with Crippen LogP contribution in [-0.4, -0.2) is 18.1 Å². The lowest BCUT2D eigenvalue weighted by Crippen LogP contribution is -2.28. The summed E-state index contributed by atoms with van der Waals surface area (Å²) in [5.41, 5.74) is -4.04. The summed E-state index contributed by atoms with van der Waals surface area (Å²) in [6, 6.07) is 6.97. The van der Waals surface area contributed by atoms with Gasteiger partial charge in [0.25, 0.3) is 0 Å². The molecular formula is C11H12F3NO2S. The molecule has 0 bridgehead atoms. The van der Waals surface area contributed by atoms with Gasteiger partial charge in [0.2, 0.25) is 0 Å². The Bertz CT molecular complexity index is 384. The van der Waals surface area contributed by atoms with Crippen molar-refractivity contribution in [3.8, 4) is 0 Å². The fraction of sp³-hybridized carbons (Fsp3) is 0.364. The largest absolute Gasteiger partial charge is 0.465 e. The molecule has 0 spiro atoms. The summed E-state index contributed by atoms with van der Waals surface area (Å²) in [5.74, 6) is -0.736. The van der Waals surface area contributed by atoms with Gasteiger partial charge in [0.1, 0.15) is 6.04 Å². The van der Waals surface area contributed by atoms with Crippen LogP contribution in [0.2, 0.25) is 0 Å². The molecule has 1 unspecified atom stereocenters. The first-order valence-corrected chi connectivity index (χ1v) is 5.97. The molecule has 1 aromatic rings. The number of esters is 1. The number of ether oxygens (including phenoxy) is 1. The highest BCUT2D eigenvalue weighted by molar-refractivity contribution is 7.98. The van der Waals surface area contributed by atoms with Gasteiger partial charge in [-0.2, -0.15) is 13.2 Å². The van der Waals surface area contributed by atoms with Crippen LogP contribution in [0.1, 0.15) is 18.5 Å².